The first-order chi connectivity index (χ1) is 8.33. The van der Waals surface area contributed by atoms with Crippen LogP contribution in [0.25, 0.3) is 0 Å². The van der Waals surface area contributed by atoms with Crippen LogP contribution in [0.1, 0.15) is 42.5 Å². The third-order valence-corrected chi connectivity index (χ3v) is 4.03. The lowest BCUT2D eigenvalue weighted by molar-refractivity contribution is 0.0824. The van der Waals surface area contributed by atoms with Crippen molar-refractivity contribution in [3.05, 3.63) is 30.1 Å². The normalized spacial score (nSPS) is 32.1. The van der Waals surface area contributed by atoms with Gasteiger partial charge in [0.1, 0.15) is 0 Å². The summed E-state index contributed by atoms with van der Waals surface area (Å²) in [7, 11) is 0. The fourth-order valence-corrected chi connectivity index (χ4v) is 3.22. The molecule has 1 N–H and O–H groups in total. The molecule has 0 spiro atoms. The van der Waals surface area contributed by atoms with Gasteiger partial charge in [-0.1, -0.05) is 6.42 Å². The Kier molecular flexibility index (Phi) is 2.93. The minimum Gasteiger partial charge on any atom is -0.311 e. The minimum absolute atomic E-state index is 0.204. The summed E-state index contributed by atoms with van der Waals surface area (Å²) < 4.78 is 0. The predicted octanol–water partition coefficient (Wildman–Crippen LogP) is 2.19. The molecule has 1 aromatic rings. The number of rotatable bonds is 2. The first-order valence-corrected chi connectivity index (χ1v) is 6.53. The highest BCUT2D eigenvalue weighted by atomic mass is 16.1. The van der Waals surface area contributed by atoms with Crippen LogP contribution in [0.4, 0.5) is 0 Å². The van der Waals surface area contributed by atoms with Gasteiger partial charge in [0.05, 0.1) is 0 Å². The maximum Gasteiger partial charge on any atom is 0.167 e. The molecule has 2 saturated heterocycles. The minimum atomic E-state index is 0.204. The quantitative estimate of drug-likeness (QED) is 0.792. The van der Waals surface area contributed by atoms with Crippen molar-refractivity contribution in [3.8, 4) is 0 Å². The van der Waals surface area contributed by atoms with Crippen molar-refractivity contribution in [3.63, 3.8) is 0 Å². The van der Waals surface area contributed by atoms with Crippen molar-refractivity contribution < 1.29 is 4.79 Å². The molecule has 0 aliphatic carbocycles. The van der Waals surface area contributed by atoms with E-state index in [1.165, 1.54) is 19.3 Å². The molecule has 2 fully saturated rings. The molecule has 2 aliphatic rings. The van der Waals surface area contributed by atoms with Gasteiger partial charge in [0, 0.05) is 36.0 Å². The Bertz CT molecular complexity index is 392. The molecule has 3 rings (SSSR count). The third-order valence-electron chi connectivity index (χ3n) is 4.03. The predicted molar refractivity (Wildman–Crippen MR) is 65.9 cm³/mol. The molecular weight excluding hydrogens is 212 g/mol. The van der Waals surface area contributed by atoms with Crippen molar-refractivity contribution in [2.45, 2.75) is 44.2 Å². The molecule has 90 valence electrons. The summed E-state index contributed by atoms with van der Waals surface area (Å²) in [5.74, 6) is 0.493. The molecule has 0 saturated carbocycles. The van der Waals surface area contributed by atoms with Gasteiger partial charge in [-0.2, -0.15) is 0 Å². The molecule has 3 heteroatoms. The van der Waals surface area contributed by atoms with Crippen molar-refractivity contribution in [1.82, 2.24) is 10.3 Å². The van der Waals surface area contributed by atoms with Gasteiger partial charge in [-0.3, -0.25) is 9.78 Å². The van der Waals surface area contributed by atoms with Crippen LogP contribution in [0.2, 0.25) is 0 Å². The van der Waals surface area contributed by atoms with E-state index in [0.717, 1.165) is 18.4 Å². The van der Waals surface area contributed by atoms with E-state index in [4.69, 9.17) is 0 Å². The SMILES string of the molecule is O=C(c1cccnc1)C1CC2CCCC(C1)N2. The average molecular weight is 230 g/mol. The fourth-order valence-electron chi connectivity index (χ4n) is 3.22. The highest BCUT2D eigenvalue weighted by molar-refractivity contribution is 5.97. The monoisotopic (exact) mass is 230 g/mol. The number of carbonyl (C=O) groups excluding carboxylic acids is 1. The van der Waals surface area contributed by atoms with E-state index >= 15 is 0 Å². The second-order valence-corrected chi connectivity index (χ2v) is 5.27. The number of hydrogen-bond donors (Lipinski definition) is 1. The Morgan fingerprint density at radius 3 is 2.71 bits per heavy atom. The lowest BCUT2D eigenvalue weighted by Crippen LogP contribution is -2.50. The lowest BCUT2D eigenvalue weighted by atomic mass is 9.77. The number of nitrogens with one attached hydrogen (secondary N) is 1. The van der Waals surface area contributed by atoms with Crippen molar-refractivity contribution in [2.75, 3.05) is 0 Å². The van der Waals surface area contributed by atoms with Gasteiger partial charge < -0.3 is 5.32 Å². The molecule has 2 aliphatic heterocycles. The molecule has 2 atom stereocenters. The number of hydrogen-bond acceptors (Lipinski definition) is 3. The first-order valence-electron chi connectivity index (χ1n) is 6.53. The van der Waals surface area contributed by atoms with E-state index in [1.807, 2.05) is 12.1 Å². The molecule has 0 radical (unpaired) electrons. The van der Waals surface area contributed by atoms with Gasteiger partial charge in [-0.25, -0.2) is 0 Å². The van der Waals surface area contributed by atoms with E-state index in [0.29, 0.717) is 12.1 Å². The van der Waals surface area contributed by atoms with Crippen LogP contribution in [0, 0.1) is 5.92 Å². The molecule has 0 aromatic carbocycles. The zero-order chi connectivity index (χ0) is 11.7. The molecule has 17 heavy (non-hydrogen) atoms. The Balaban J connectivity index is 1.74. The number of fused-ring (bicyclic) bond motifs is 2. The van der Waals surface area contributed by atoms with Crippen LogP contribution in [0.3, 0.4) is 0 Å². The molecule has 1 aromatic heterocycles. The lowest BCUT2D eigenvalue weighted by Gasteiger charge is -2.39. The van der Waals surface area contributed by atoms with Gasteiger partial charge in [0.2, 0.25) is 0 Å². The first kappa shape index (κ1) is 10.9. The number of nitrogens with zero attached hydrogens (tertiary/aromatic N) is 1. The largest absolute Gasteiger partial charge is 0.311 e. The second kappa shape index (κ2) is 4.57. The number of aromatic nitrogens is 1. The van der Waals surface area contributed by atoms with E-state index in [-0.39, 0.29) is 11.7 Å². The van der Waals surface area contributed by atoms with E-state index in [9.17, 15) is 4.79 Å². The Morgan fingerprint density at radius 2 is 2.06 bits per heavy atom. The smallest absolute Gasteiger partial charge is 0.167 e. The standard InChI is InChI=1S/C14H18N2O/c17-14(10-3-2-6-15-9-10)11-7-12-4-1-5-13(8-11)16-12/h2-3,6,9,11-13,16H,1,4-5,7-8H2. The van der Waals surface area contributed by atoms with Crippen LogP contribution in [0.5, 0.6) is 0 Å². The van der Waals surface area contributed by atoms with Crippen LogP contribution in [-0.4, -0.2) is 22.9 Å². The Morgan fingerprint density at radius 1 is 1.29 bits per heavy atom. The molecule has 3 nitrogen and oxygen atoms in total. The molecular formula is C14H18N2O. The van der Waals surface area contributed by atoms with Gasteiger partial charge in [0.25, 0.3) is 0 Å². The Hall–Kier alpha value is -1.22. The Labute approximate surface area is 102 Å². The molecule has 3 heterocycles. The van der Waals surface area contributed by atoms with Gasteiger partial charge in [-0.05, 0) is 37.8 Å². The molecule has 2 bridgehead atoms. The third kappa shape index (κ3) is 2.25. The highest BCUT2D eigenvalue weighted by Gasteiger charge is 2.34. The van der Waals surface area contributed by atoms with Gasteiger partial charge >= 0.3 is 0 Å². The van der Waals surface area contributed by atoms with Crippen molar-refractivity contribution in [2.24, 2.45) is 5.92 Å². The van der Waals surface area contributed by atoms with Gasteiger partial charge in [-0.15, -0.1) is 0 Å². The number of carbonyl (C=O) groups is 1. The number of ketones is 1. The van der Waals surface area contributed by atoms with E-state index in [1.54, 1.807) is 12.4 Å². The fraction of sp³-hybridized carbons (Fsp3) is 0.571. The summed E-state index contributed by atoms with van der Waals surface area (Å²) in [5.41, 5.74) is 0.775. The summed E-state index contributed by atoms with van der Waals surface area (Å²) in [4.78, 5) is 16.4. The summed E-state index contributed by atoms with van der Waals surface area (Å²) in [6.45, 7) is 0. The summed E-state index contributed by atoms with van der Waals surface area (Å²) in [6, 6.07) is 4.85. The summed E-state index contributed by atoms with van der Waals surface area (Å²) in [6.07, 6.45) is 9.19. The molecule has 2 unspecified atom stereocenters. The van der Waals surface area contributed by atoms with Crippen LogP contribution >= 0.6 is 0 Å². The van der Waals surface area contributed by atoms with Crippen LogP contribution in [0.15, 0.2) is 24.5 Å². The van der Waals surface area contributed by atoms with Gasteiger partial charge in [0.15, 0.2) is 5.78 Å². The topological polar surface area (TPSA) is 42.0 Å². The number of Topliss-reactive ketones (excluding diaryl/α,β-unsaturated/α-hetero) is 1. The maximum absolute atomic E-state index is 12.4. The highest BCUT2D eigenvalue weighted by Crippen LogP contribution is 2.31. The van der Waals surface area contributed by atoms with Crippen LogP contribution in [-0.2, 0) is 0 Å². The summed E-state index contributed by atoms with van der Waals surface area (Å²) in [5, 5.41) is 3.62. The van der Waals surface area contributed by atoms with E-state index < -0.39 is 0 Å². The maximum atomic E-state index is 12.4. The zero-order valence-corrected chi connectivity index (χ0v) is 9.93. The average Bonchev–Trinajstić information content (AvgIpc) is 2.38. The van der Waals surface area contributed by atoms with Crippen LogP contribution < -0.4 is 5.32 Å². The second-order valence-electron chi connectivity index (χ2n) is 5.27. The van der Waals surface area contributed by atoms with Crippen molar-refractivity contribution >= 4 is 5.78 Å². The van der Waals surface area contributed by atoms with Crippen molar-refractivity contribution in [1.29, 1.82) is 0 Å². The number of piperidine rings is 2. The summed E-state index contributed by atoms with van der Waals surface area (Å²) >= 11 is 0. The van der Waals surface area contributed by atoms with E-state index in [2.05, 4.69) is 10.3 Å². The zero-order valence-electron chi connectivity index (χ0n) is 9.93. The number of pyridine rings is 1. The molecule has 0 amide bonds.